The van der Waals surface area contributed by atoms with Crippen molar-refractivity contribution < 1.29 is 27.4 Å². The average molecular weight is 439 g/mol. The van der Waals surface area contributed by atoms with Gasteiger partial charge in [-0.2, -0.15) is 0 Å². The summed E-state index contributed by atoms with van der Waals surface area (Å²) in [5.74, 6) is -0.828. The summed E-state index contributed by atoms with van der Waals surface area (Å²) in [5.41, 5.74) is 0.684. The smallest absolute Gasteiger partial charge is 0.307 e. The number of carbonyl (C=O) groups is 1. The molecule has 4 rings (SSSR count). The van der Waals surface area contributed by atoms with Crippen molar-refractivity contribution in [2.45, 2.75) is 18.2 Å². The van der Waals surface area contributed by atoms with Crippen LogP contribution in [-0.4, -0.2) is 23.5 Å². The second kappa shape index (κ2) is 7.88. The molecule has 0 aliphatic carbocycles. The number of benzene rings is 3. The number of halogens is 1. The maximum atomic E-state index is 13.9. The Balaban J connectivity index is 1.85. The lowest BCUT2D eigenvalue weighted by Crippen LogP contribution is -2.15. The Kier molecular flexibility index (Phi) is 5.24. The standard InChI is InChI=1S/C23H18FNO5S/c1-15-20(14-23(26)27)21-12-16(24)10-11-22(21)25(15)31(28,29)19-9-5-8-18(13-19)30-17-6-3-2-4-7-17/h2-13H,14H2,1H3,(H,26,27). The molecular weight excluding hydrogens is 421 g/mol. The van der Waals surface area contributed by atoms with Crippen LogP contribution in [0.4, 0.5) is 4.39 Å². The molecule has 158 valence electrons. The van der Waals surface area contributed by atoms with E-state index in [2.05, 4.69) is 0 Å². The number of para-hydroxylation sites is 1. The van der Waals surface area contributed by atoms with Gasteiger partial charge in [0.1, 0.15) is 17.3 Å². The van der Waals surface area contributed by atoms with Gasteiger partial charge in [-0.15, -0.1) is 0 Å². The summed E-state index contributed by atoms with van der Waals surface area (Å²) in [7, 11) is -4.12. The molecule has 0 atom stereocenters. The molecule has 8 heteroatoms. The third kappa shape index (κ3) is 3.89. The van der Waals surface area contributed by atoms with E-state index in [1.54, 1.807) is 36.4 Å². The average Bonchev–Trinajstić information content (AvgIpc) is 3.00. The molecular formula is C23H18FNO5S. The zero-order valence-electron chi connectivity index (χ0n) is 16.4. The van der Waals surface area contributed by atoms with E-state index in [-0.39, 0.29) is 27.1 Å². The highest BCUT2D eigenvalue weighted by molar-refractivity contribution is 7.90. The fourth-order valence-electron chi connectivity index (χ4n) is 3.54. The molecule has 3 aromatic carbocycles. The van der Waals surface area contributed by atoms with Crippen LogP contribution in [0.25, 0.3) is 10.9 Å². The third-order valence-electron chi connectivity index (χ3n) is 4.89. The Hall–Kier alpha value is -3.65. The first-order valence-corrected chi connectivity index (χ1v) is 10.8. The van der Waals surface area contributed by atoms with Crippen LogP contribution in [0.2, 0.25) is 0 Å². The molecule has 0 unspecified atom stereocenters. The normalized spacial score (nSPS) is 11.5. The summed E-state index contributed by atoms with van der Waals surface area (Å²) in [4.78, 5) is 11.3. The predicted molar refractivity (Wildman–Crippen MR) is 114 cm³/mol. The van der Waals surface area contributed by atoms with Crippen LogP contribution >= 0.6 is 0 Å². The zero-order chi connectivity index (χ0) is 22.2. The number of ether oxygens (including phenoxy) is 1. The molecule has 6 nitrogen and oxygen atoms in total. The molecule has 1 heterocycles. The molecule has 1 N–H and O–H groups in total. The molecule has 0 saturated heterocycles. The minimum Gasteiger partial charge on any atom is -0.481 e. The first kappa shape index (κ1) is 20.6. The number of aromatic nitrogens is 1. The first-order valence-electron chi connectivity index (χ1n) is 9.37. The summed E-state index contributed by atoms with van der Waals surface area (Å²) in [5, 5.41) is 9.51. The zero-order valence-corrected chi connectivity index (χ0v) is 17.3. The van der Waals surface area contributed by atoms with E-state index in [0.717, 1.165) is 16.1 Å². The minimum atomic E-state index is -4.12. The number of fused-ring (bicyclic) bond motifs is 1. The Morgan fingerprint density at radius 1 is 1.00 bits per heavy atom. The topological polar surface area (TPSA) is 85.6 Å². The number of hydrogen-bond donors (Lipinski definition) is 1. The maximum Gasteiger partial charge on any atom is 0.307 e. The van der Waals surface area contributed by atoms with Crippen molar-refractivity contribution in [2.24, 2.45) is 0 Å². The number of aliphatic carboxylic acids is 1. The molecule has 0 amide bonds. The lowest BCUT2D eigenvalue weighted by molar-refractivity contribution is -0.136. The second-order valence-corrected chi connectivity index (χ2v) is 8.74. The van der Waals surface area contributed by atoms with E-state index < -0.39 is 28.2 Å². The number of nitrogens with zero attached hydrogens (tertiary/aromatic N) is 1. The van der Waals surface area contributed by atoms with Crippen molar-refractivity contribution in [1.29, 1.82) is 0 Å². The quantitative estimate of drug-likeness (QED) is 0.469. The monoisotopic (exact) mass is 439 g/mol. The molecule has 0 bridgehead atoms. The second-order valence-electron chi connectivity index (χ2n) is 6.96. The van der Waals surface area contributed by atoms with Crippen LogP contribution in [0.15, 0.2) is 77.7 Å². The van der Waals surface area contributed by atoms with Crippen molar-refractivity contribution in [3.8, 4) is 11.5 Å². The number of rotatable bonds is 6. The fourth-order valence-corrected chi connectivity index (χ4v) is 5.15. The van der Waals surface area contributed by atoms with Crippen molar-refractivity contribution in [3.63, 3.8) is 0 Å². The molecule has 0 aliphatic rings. The van der Waals surface area contributed by atoms with Crippen molar-refractivity contribution in [1.82, 2.24) is 3.97 Å². The largest absolute Gasteiger partial charge is 0.481 e. The van der Waals surface area contributed by atoms with Gasteiger partial charge in [-0.1, -0.05) is 24.3 Å². The van der Waals surface area contributed by atoms with E-state index in [1.165, 1.54) is 25.1 Å². The fraction of sp³-hybridized carbons (Fsp3) is 0.0870. The molecule has 0 saturated carbocycles. The van der Waals surface area contributed by atoms with Gasteiger partial charge >= 0.3 is 5.97 Å². The molecule has 1 aromatic heterocycles. The van der Waals surface area contributed by atoms with Gasteiger partial charge in [0.2, 0.25) is 0 Å². The summed E-state index contributed by atoms with van der Waals surface area (Å²) >= 11 is 0. The number of carboxylic acid groups (broad SMARTS) is 1. The van der Waals surface area contributed by atoms with Crippen LogP contribution in [0.5, 0.6) is 11.5 Å². The van der Waals surface area contributed by atoms with Gasteiger partial charge in [0.25, 0.3) is 10.0 Å². The van der Waals surface area contributed by atoms with Crippen molar-refractivity contribution in [3.05, 3.63) is 89.9 Å². The maximum absolute atomic E-state index is 13.9. The number of carboxylic acids is 1. The van der Waals surface area contributed by atoms with Crippen molar-refractivity contribution >= 4 is 26.9 Å². The highest BCUT2D eigenvalue weighted by Gasteiger charge is 2.26. The Bertz CT molecular complexity index is 1390. The van der Waals surface area contributed by atoms with E-state index in [4.69, 9.17) is 4.74 Å². The van der Waals surface area contributed by atoms with Crippen molar-refractivity contribution in [2.75, 3.05) is 0 Å². The van der Waals surface area contributed by atoms with Gasteiger partial charge in [0.05, 0.1) is 16.8 Å². The molecule has 0 fully saturated rings. The summed E-state index contributed by atoms with van der Waals surface area (Å²) in [6.07, 6.45) is -0.425. The van der Waals surface area contributed by atoms with Gasteiger partial charge in [-0.05, 0) is 55.0 Å². The molecule has 0 radical (unpaired) electrons. The molecule has 0 aliphatic heterocycles. The first-order chi connectivity index (χ1) is 14.8. The van der Waals surface area contributed by atoms with Gasteiger partial charge < -0.3 is 9.84 Å². The van der Waals surface area contributed by atoms with Crippen LogP contribution in [0, 0.1) is 12.7 Å². The van der Waals surface area contributed by atoms with Gasteiger partial charge in [0.15, 0.2) is 0 Å². The minimum absolute atomic E-state index is 0.0351. The predicted octanol–water partition coefficient (Wildman–Crippen LogP) is 4.75. The van der Waals surface area contributed by atoms with Crippen LogP contribution in [0.3, 0.4) is 0 Å². The summed E-state index contributed by atoms with van der Waals surface area (Å²) in [6.45, 7) is 1.51. The van der Waals surface area contributed by atoms with E-state index in [9.17, 15) is 22.7 Å². The third-order valence-corrected chi connectivity index (χ3v) is 6.70. The van der Waals surface area contributed by atoms with Gasteiger partial charge in [-0.3, -0.25) is 4.79 Å². The Morgan fingerprint density at radius 2 is 1.71 bits per heavy atom. The Morgan fingerprint density at radius 3 is 2.42 bits per heavy atom. The van der Waals surface area contributed by atoms with Crippen LogP contribution in [0.1, 0.15) is 11.3 Å². The van der Waals surface area contributed by atoms with E-state index >= 15 is 0 Å². The highest BCUT2D eigenvalue weighted by Crippen LogP contribution is 2.32. The molecule has 4 aromatic rings. The lowest BCUT2D eigenvalue weighted by atomic mass is 10.1. The van der Waals surface area contributed by atoms with Gasteiger partial charge in [0, 0.05) is 17.1 Å². The highest BCUT2D eigenvalue weighted by atomic mass is 32.2. The summed E-state index contributed by atoms with van der Waals surface area (Å²) < 4.78 is 47.7. The number of hydrogen-bond acceptors (Lipinski definition) is 4. The van der Waals surface area contributed by atoms with E-state index in [1.807, 2.05) is 6.07 Å². The summed E-state index contributed by atoms with van der Waals surface area (Å²) in [6, 6.07) is 18.6. The van der Waals surface area contributed by atoms with E-state index in [0.29, 0.717) is 11.5 Å². The lowest BCUT2D eigenvalue weighted by Gasteiger charge is -2.12. The van der Waals surface area contributed by atoms with Crippen LogP contribution in [-0.2, 0) is 21.2 Å². The molecule has 0 spiro atoms. The SMILES string of the molecule is Cc1c(CC(=O)O)c2cc(F)ccc2n1S(=O)(=O)c1cccc(Oc2ccccc2)c1. The Labute approximate surface area is 178 Å². The van der Waals surface area contributed by atoms with Gasteiger partial charge in [-0.25, -0.2) is 16.8 Å². The van der Waals surface area contributed by atoms with Crippen LogP contribution < -0.4 is 4.74 Å². The molecule has 31 heavy (non-hydrogen) atoms.